The Morgan fingerprint density at radius 3 is 2.65 bits per heavy atom. The smallest absolute Gasteiger partial charge is 0.287 e. The summed E-state index contributed by atoms with van der Waals surface area (Å²) in [7, 11) is 0. The third kappa shape index (κ3) is 3.61. The minimum absolute atomic E-state index is 0.0551. The van der Waals surface area contributed by atoms with E-state index >= 15 is 0 Å². The van der Waals surface area contributed by atoms with E-state index in [-0.39, 0.29) is 16.6 Å². The van der Waals surface area contributed by atoms with Gasteiger partial charge in [0.05, 0.1) is 35.8 Å². The Bertz CT molecular complexity index is 1010. The molecule has 8 heteroatoms. The molecule has 0 saturated heterocycles. The van der Waals surface area contributed by atoms with Crippen molar-refractivity contribution < 1.29 is 4.74 Å². The molecule has 0 saturated carbocycles. The summed E-state index contributed by atoms with van der Waals surface area (Å²) in [6.45, 7) is 6.63. The molecule has 6 nitrogen and oxygen atoms in total. The molecule has 0 radical (unpaired) electrons. The van der Waals surface area contributed by atoms with E-state index in [1.54, 1.807) is 10.7 Å². The van der Waals surface area contributed by atoms with Crippen molar-refractivity contribution in [1.29, 1.82) is 0 Å². The summed E-state index contributed by atoms with van der Waals surface area (Å²) in [4.78, 5) is 12.2. The Balaban J connectivity index is 2.02. The fourth-order valence-corrected chi connectivity index (χ4v) is 2.94. The number of aryl methyl sites for hydroxylation is 2. The molecule has 0 amide bonds. The Hall–Kier alpha value is -2.31. The maximum Gasteiger partial charge on any atom is 0.287 e. The van der Waals surface area contributed by atoms with Crippen LogP contribution in [0.2, 0.25) is 10.0 Å². The zero-order chi connectivity index (χ0) is 18.8. The molecule has 136 valence electrons. The van der Waals surface area contributed by atoms with Gasteiger partial charge >= 0.3 is 0 Å². The summed E-state index contributed by atoms with van der Waals surface area (Å²) in [5.74, 6) is 0.600. The molecule has 0 bridgehead atoms. The molecule has 0 fully saturated rings. The first-order valence-corrected chi connectivity index (χ1v) is 8.86. The van der Waals surface area contributed by atoms with Gasteiger partial charge in [-0.05, 0) is 32.4 Å². The third-order valence-corrected chi connectivity index (χ3v) is 4.60. The van der Waals surface area contributed by atoms with E-state index in [9.17, 15) is 4.79 Å². The Labute approximate surface area is 160 Å². The molecule has 3 rings (SSSR count). The molecule has 0 aliphatic rings. The largest absolute Gasteiger partial charge is 0.478 e. The number of rotatable bonds is 5. The van der Waals surface area contributed by atoms with E-state index in [2.05, 4.69) is 16.3 Å². The summed E-state index contributed by atoms with van der Waals surface area (Å²) < 4.78 is 8.67. The Kier molecular flexibility index (Phi) is 5.34. The fraction of sp³-hybridized carbons (Fsp3) is 0.278. The first-order chi connectivity index (χ1) is 12.4. The van der Waals surface area contributed by atoms with E-state index in [1.807, 2.05) is 32.9 Å². The van der Waals surface area contributed by atoms with E-state index in [4.69, 9.17) is 27.9 Å². The van der Waals surface area contributed by atoms with Crippen LogP contribution in [-0.4, -0.2) is 26.2 Å². The van der Waals surface area contributed by atoms with Crippen molar-refractivity contribution >= 4 is 23.2 Å². The van der Waals surface area contributed by atoms with Crippen molar-refractivity contribution in [2.24, 2.45) is 0 Å². The predicted octanol–water partition coefficient (Wildman–Crippen LogP) is 3.80. The van der Waals surface area contributed by atoms with Crippen molar-refractivity contribution in [3.8, 4) is 11.6 Å². The van der Waals surface area contributed by atoms with Gasteiger partial charge in [-0.2, -0.15) is 10.2 Å². The summed E-state index contributed by atoms with van der Waals surface area (Å²) in [5.41, 5.74) is 3.33. The van der Waals surface area contributed by atoms with Crippen LogP contribution in [0.25, 0.3) is 5.69 Å². The highest BCUT2D eigenvalue weighted by Crippen LogP contribution is 2.23. The van der Waals surface area contributed by atoms with E-state index in [0.717, 1.165) is 11.3 Å². The van der Waals surface area contributed by atoms with Crippen LogP contribution in [0.3, 0.4) is 0 Å². The highest BCUT2D eigenvalue weighted by Gasteiger charge is 2.15. The SMILES string of the molecule is CCOc1cc(Cn2ncc(Cl)c(Cl)c2=O)nn1-c1ccc(C)cc1C. The number of hydrogen-bond donors (Lipinski definition) is 0. The lowest BCUT2D eigenvalue weighted by atomic mass is 10.1. The number of halogens is 2. The van der Waals surface area contributed by atoms with Gasteiger partial charge < -0.3 is 4.74 Å². The second-order valence-electron chi connectivity index (χ2n) is 5.88. The minimum Gasteiger partial charge on any atom is -0.478 e. The third-order valence-electron chi connectivity index (χ3n) is 3.85. The second-order valence-corrected chi connectivity index (χ2v) is 6.66. The zero-order valence-electron chi connectivity index (χ0n) is 14.7. The fourth-order valence-electron chi connectivity index (χ4n) is 2.66. The average molecular weight is 393 g/mol. The van der Waals surface area contributed by atoms with Crippen LogP contribution in [0, 0.1) is 13.8 Å². The van der Waals surface area contributed by atoms with Crippen LogP contribution < -0.4 is 10.3 Å². The summed E-state index contributed by atoms with van der Waals surface area (Å²) in [6.07, 6.45) is 1.34. The molecule has 0 atom stereocenters. The van der Waals surface area contributed by atoms with Gasteiger partial charge in [-0.3, -0.25) is 4.79 Å². The lowest BCUT2D eigenvalue weighted by molar-refractivity contribution is 0.316. The maximum absolute atomic E-state index is 12.2. The quantitative estimate of drug-likeness (QED) is 0.662. The van der Waals surface area contributed by atoms with Crippen molar-refractivity contribution in [2.75, 3.05) is 6.61 Å². The van der Waals surface area contributed by atoms with Crippen molar-refractivity contribution in [1.82, 2.24) is 19.6 Å². The minimum atomic E-state index is -0.460. The molecule has 2 aromatic heterocycles. The monoisotopic (exact) mass is 392 g/mol. The lowest BCUT2D eigenvalue weighted by Gasteiger charge is -2.10. The van der Waals surface area contributed by atoms with Gasteiger partial charge in [0.15, 0.2) is 0 Å². The molecule has 0 unspecified atom stereocenters. The molecule has 2 heterocycles. The van der Waals surface area contributed by atoms with Gasteiger partial charge in [-0.1, -0.05) is 40.9 Å². The Morgan fingerprint density at radius 2 is 1.96 bits per heavy atom. The molecule has 0 spiro atoms. The molecule has 1 aromatic carbocycles. The number of nitrogens with zero attached hydrogens (tertiary/aromatic N) is 4. The molecular formula is C18H18Cl2N4O2. The van der Waals surface area contributed by atoms with Gasteiger partial charge in [0.2, 0.25) is 5.88 Å². The van der Waals surface area contributed by atoms with E-state index in [0.29, 0.717) is 18.2 Å². The summed E-state index contributed by atoms with van der Waals surface area (Å²) in [6, 6.07) is 7.88. The van der Waals surface area contributed by atoms with Crippen LogP contribution in [-0.2, 0) is 6.54 Å². The molecule has 3 aromatic rings. The van der Waals surface area contributed by atoms with Gasteiger partial charge in [0.25, 0.3) is 5.56 Å². The first-order valence-electron chi connectivity index (χ1n) is 8.11. The number of aromatic nitrogens is 4. The van der Waals surface area contributed by atoms with E-state index < -0.39 is 5.56 Å². The number of ether oxygens (including phenoxy) is 1. The Morgan fingerprint density at radius 1 is 1.19 bits per heavy atom. The van der Waals surface area contributed by atoms with Crippen LogP contribution in [0.1, 0.15) is 23.7 Å². The molecule has 26 heavy (non-hydrogen) atoms. The molecular weight excluding hydrogens is 375 g/mol. The van der Waals surface area contributed by atoms with Gasteiger partial charge in [-0.25, -0.2) is 9.36 Å². The second kappa shape index (κ2) is 7.51. The van der Waals surface area contributed by atoms with Crippen molar-refractivity contribution in [3.05, 3.63) is 67.7 Å². The maximum atomic E-state index is 12.2. The van der Waals surface area contributed by atoms with Crippen LogP contribution in [0.4, 0.5) is 0 Å². The summed E-state index contributed by atoms with van der Waals surface area (Å²) in [5, 5.41) is 8.69. The zero-order valence-corrected chi connectivity index (χ0v) is 16.2. The standard InChI is InChI=1S/C18H18Cl2N4O2/c1-4-26-16-8-13(10-23-18(25)17(20)14(19)9-21-23)22-24(16)15-6-5-11(2)7-12(15)3/h5-9H,4,10H2,1-3H3. The molecule has 0 aliphatic carbocycles. The van der Waals surface area contributed by atoms with Gasteiger partial charge in [-0.15, -0.1) is 0 Å². The van der Waals surface area contributed by atoms with Crippen molar-refractivity contribution in [3.63, 3.8) is 0 Å². The van der Waals surface area contributed by atoms with Gasteiger partial charge in [0, 0.05) is 6.07 Å². The van der Waals surface area contributed by atoms with Crippen LogP contribution in [0.15, 0.2) is 35.3 Å². The van der Waals surface area contributed by atoms with Crippen LogP contribution in [0.5, 0.6) is 5.88 Å². The topological polar surface area (TPSA) is 61.9 Å². The average Bonchev–Trinajstić information content (AvgIpc) is 2.98. The van der Waals surface area contributed by atoms with E-state index in [1.165, 1.54) is 16.4 Å². The highest BCUT2D eigenvalue weighted by atomic mass is 35.5. The van der Waals surface area contributed by atoms with Gasteiger partial charge in [0.1, 0.15) is 5.02 Å². The molecule has 0 aliphatic heterocycles. The van der Waals surface area contributed by atoms with Crippen LogP contribution >= 0.6 is 23.2 Å². The number of benzene rings is 1. The lowest BCUT2D eigenvalue weighted by Crippen LogP contribution is -2.24. The highest BCUT2D eigenvalue weighted by molar-refractivity contribution is 6.41. The molecule has 0 N–H and O–H groups in total. The number of hydrogen-bond acceptors (Lipinski definition) is 4. The van der Waals surface area contributed by atoms with Crippen molar-refractivity contribution in [2.45, 2.75) is 27.3 Å². The first kappa shape index (κ1) is 18.5. The normalized spacial score (nSPS) is 11.0. The summed E-state index contributed by atoms with van der Waals surface area (Å²) >= 11 is 11.7. The predicted molar refractivity (Wildman–Crippen MR) is 102 cm³/mol.